The average Bonchev–Trinajstić information content (AvgIpc) is 2.36. The maximum Gasteiger partial charge on any atom is 0.326 e. The highest BCUT2D eigenvalue weighted by molar-refractivity contribution is 5.98. The number of carbonyl (C=O) groups is 3. The summed E-state index contributed by atoms with van der Waals surface area (Å²) in [6.07, 6.45) is 0.175. The van der Waals surface area contributed by atoms with E-state index < -0.39 is 23.7 Å². The lowest BCUT2D eigenvalue weighted by atomic mass is 10.1. The molecule has 0 spiro atoms. The van der Waals surface area contributed by atoms with Crippen molar-refractivity contribution in [3.63, 3.8) is 0 Å². The van der Waals surface area contributed by atoms with Gasteiger partial charge < -0.3 is 15.7 Å². The Morgan fingerprint density at radius 3 is 2.50 bits per heavy atom. The van der Waals surface area contributed by atoms with Gasteiger partial charge in [-0.3, -0.25) is 9.59 Å². The molecule has 0 radical (unpaired) electrons. The predicted molar refractivity (Wildman–Crippen MR) is 69.9 cm³/mol. The second-order valence-electron chi connectivity index (χ2n) is 4.15. The van der Waals surface area contributed by atoms with Crippen LogP contribution in [0.4, 0.5) is 10.1 Å². The number of carbonyl (C=O) groups excluding carboxylic acids is 2. The first-order chi connectivity index (χ1) is 9.35. The topological polar surface area (TPSA) is 95.5 Å². The molecule has 0 saturated heterocycles. The third kappa shape index (κ3) is 4.04. The summed E-state index contributed by atoms with van der Waals surface area (Å²) in [6, 6.07) is 2.40. The Morgan fingerprint density at radius 2 is 2.00 bits per heavy atom. The molecular weight excluding hydrogens is 267 g/mol. The van der Waals surface area contributed by atoms with E-state index in [0.717, 1.165) is 12.1 Å². The number of halogens is 1. The molecule has 0 fully saturated rings. The van der Waals surface area contributed by atoms with Gasteiger partial charge in [-0.05, 0) is 24.6 Å². The van der Waals surface area contributed by atoms with E-state index in [0.29, 0.717) is 0 Å². The predicted octanol–water partition coefficient (Wildman–Crippen LogP) is 1.38. The first-order valence-corrected chi connectivity index (χ1v) is 5.96. The zero-order valence-electron chi connectivity index (χ0n) is 11.1. The molecule has 0 aliphatic rings. The monoisotopic (exact) mass is 282 g/mol. The third-order valence-electron chi connectivity index (χ3n) is 2.54. The minimum Gasteiger partial charge on any atom is -0.480 e. The van der Waals surface area contributed by atoms with Gasteiger partial charge in [0, 0.05) is 12.6 Å². The smallest absolute Gasteiger partial charge is 0.326 e. The normalized spacial score (nSPS) is 11.6. The highest BCUT2D eigenvalue weighted by Crippen LogP contribution is 2.15. The van der Waals surface area contributed by atoms with Crippen LogP contribution in [0.3, 0.4) is 0 Å². The van der Waals surface area contributed by atoms with Crippen molar-refractivity contribution < 1.29 is 23.9 Å². The summed E-state index contributed by atoms with van der Waals surface area (Å²) in [7, 11) is 0. The number of carboxylic acid groups (broad SMARTS) is 1. The maximum absolute atomic E-state index is 13.6. The zero-order valence-corrected chi connectivity index (χ0v) is 11.1. The van der Waals surface area contributed by atoms with Crippen LogP contribution < -0.4 is 10.6 Å². The van der Waals surface area contributed by atoms with Crippen molar-refractivity contribution in [1.29, 1.82) is 0 Å². The Balaban J connectivity index is 2.96. The number of benzene rings is 1. The van der Waals surface area contributed by atoms with Gasteiger partial charge >= 0.3 is 5.97 Å². The Labute approximate surface area is 115 Å². The quantitative estimate of drug-likeness (QED) is 0.760. The Morgan fingerprint density at radius 1 is 1.35 bits per heavy atom. The molecule has 1 unspecified atom stereocenters. The fourth-order valence-corrected chi connectivity index (χ4v) is 1.55. The summed E-state index contributed by atoms with van der Waals surface area (Å²) in [6.45, 7) is 2.86. The molecule has 2 amide bonds. The van der Waals surface area contributed by atoms with Crippen LogP contribution in [0.5, 0.6) is 0 Å². The van der Waals surface area contributed by atoms with Gasteiger partial charge in [0.05, 0.1) is 5.56 Å². The first kappa shape index (κ1) is 15.6. The molecule has 7 heteroatoms. The average molecular weight is 282 g/mol. The van der Waals surface area contributed by atoms with E-state index >= 15 is 0 Å². The number of nitrogens with one attached hydrogen (secondary N) is 2. The molecule has 0 aliphatic heterocycles. The van der Waals surface area contributed by atoms with Crippen LogP contribution in [-0.4, -0.2) is 28.9 Å². The molecule has 20 heavy (non-hydrogen) atoms. The molecule has 0 heterocycles. The number of carboxylic acids is 1. The molecule has 1 atom stereocenters. The standard InChI is InChI=1S/C13H15FN2O4/c1-3-11(13(19)20)16-12(18)9-6-8(15-7(2)17)4-5-10(9)14/h4-6,11H,3H2,1-2H3,(H,15,17)(H,16,18)(H,19,20). The molecule has 1 aromatic rings. The van der Waals surface area contributed by atoms with Crippen molar-refractivity contribution in [3.05, 3.63) is 29.6 Å². The van der Waals surface area contributed by atoms with Crippen molar-refractivity contribution in [2.24, 2.45) is 0 Å². The highest BCUT2D eigenvalue weighted by atomic mass is 19.1. The lowest BCUT2D eigenvalue weighted by molar-refractivity contribution is -0.139. The summed E-state index contributed by atoms with van der Waals surface area (Å²) >= 11 is 0. The van der Waals surface area contributed by atoms with Crippen LogP contribution in [0.25, 0.3) is 0 Å². The summed E-state index contributed by atoms with van der Waals surface area (Å²) in [4.78, 5) is 33.6. The largest absolute Gasteiger partial charge is 0.480 e. The summed E-state index contributed by atoms with van der Waals surface area (Å²) in [5.41, 5.74) is -0.0663. The van der Waals surface area contributed by atoms with Gasteiger partial charge in [0.1, 0.15) is 11.9 Å². The van der Waals surface area contributed by atoms with E-state index in [9.17, 15) is 18.8 Å². The Hall–Kier alpha value is -2.44. The summed E-state index contributed by atoms with van der Waals surface area (Å²) in [5.74, 6) is -3.19. The van der Waals surface area contributed by atoms with Gasteiger partial charge in [0.25, 0.3) is 5.91 Å². The van der Waals surface area contributed by atoms with Gasteiger partial charge in [0.2, 0.25) is 5.91 Å². The molecule has 0 aromatic heterocycles. The second-order valence-corrected chi connectivity index (χ2v) is 4.15. The van der Waals surface area contributed by atoms with Crippen LogP contribution in [0, 0.1) is 5.82 Å². The summed E-state index contributed by atoms with van der Waals surface area (Å²) < 4.78 is 13.6. The number of hydrogen-bond acceptors (Lipinski definition) is 3. The SMILES string of the molecule is CCC(NC(=O)c1cc(NC(C)=O)ccc1F)C(=O)O. The second kappa shape index (κ2) is 6.65. The van der Waals surface area contributed by atoms with Crippen molar-refractivity contribution >= 4 is 23.5 Å². The van der Waals surface area contributed by atoms with E-state index in [1.54, 1.807) is 6.92 Å². The van der Waals surface area contributed by atoms with Gasteiger partial charge in [-0.25, -0.2) is 9.18 Å². The fraction of sp³-hybridized carbons (Fsp3) is 0.308. The zero-order chi connectivity index (χ0) is 15.3. The molecular formula is C13H15FN2O4. The van der Waals surface area contributed by atoms with Crippen LogP contribution in [-0.2, 0) is 9.59 Å². The van der Waals surface area contributed by atoms with Crippen LogP contribution in [0.1, 0.15) is 30.6 Å². The molecule has 108 valence electrons. The van der Waals surface area contributed by atoms with E-state index in [-0.39, 0.29) is 23.6 Å². The van der Waals surface area contributed by atoms with E-state index in [1.165, 1.54) is 13.0 Å². The number of amides is 2. The van der Waals surface area contributed by atoms with E-state index in [4.69, 9.17) is 5.11 Å². The van der Waals surface area contributed by atoms with Gasteiger partial charge in [-0.2, -0.15) is 0 Å². The Bertz CT molecular complexity index is 545. The van der Waals surface area contributed by atoms with E-state index in [1.807, 2.05) is 0 Å². The van der Waals surface area contributed by atoms with Crippen LogP contribution in [0.15, 0.2) is 18.2 Å². The number of rotatable bonds is 5. The van der Waals surface area contributed by atoms with Gasteiger partial charge in [0.15, 0.2) is 0 Å². The molecule has 1 aromatic carbocycles. The molecule has 0 aliphatic carbocycles. The van der Waals surface area contributed by atoms with Gasteiger partial charge in [-0.15, -0.1) is 0 Å². The van der Waals surface area contributed by atoms with Crippen molar-refractivity contribution in [1.82, 2.24) is 5.32 Å². The van der Waals surface area contributed by atoms with E-state index in [2.05, 4.69) is 10.6 Å². The first-order valence-electron chi connectivity index (χ1n) is 5.96. The van der Waals surface area contributed by atoms with Crippen molar-refractivity contribution in [3.8, 4) is 0 Å². The maximum atomic E-state index is 13.6. The fourth-order valence-electron chi connectivity index (χ4n) is 1.55. The molecule has 0 bridgehead atoms. The van der Waals surface area contributed by atoms with Crippen LogP contribution in [0.2, 0.25) is 0 Å². The minimum atomic E-state index is -1.20. The third-order valence-corrected chi connectivity index (χ3v) is 2.54. The number of anilines is 1. The molecule has 6 nitrogen and oxygen atoms in total. The highest BCUT2D eigenvalue weighted by Gasteiger charge is 2.20. The molecule has 1 rings (SSSR count). The Kier molecular flexibility index (Phi) is 5.19. The molecule has 0 saturated carbocycles. The van der Waals surface area contributed by atoms with Crippen LogP contribution >= 0.6 is 0 Å². The lowest BCUT2D eigenvalue weighted by Gasteiger charge is -2.13. The number of aliphatic carboxylic acids is 1. The minimum absolute atomic E-state index is 0.175. The van der Waals surface area contributed by atoms with Gasteiger partial charge in [-0.1, -0.05) is 6.92 Å². The van der Waals surface area contributed by atoms with Crippen molar-refractivity contribution in [2.75, 3.05) is 5.32 Å². The molecule has 3 N–H and O–H groups in total. The lowest BCUT2D eigenvalue weighted by Crippen LogP contribution is -2.40. The number of hydrogen-bond donors (Lipinski definition) is 3. The van der Waals surface area contributed by atoms with Crippen molar-refractivity contribution in [2.45, 2.75) is 26.3 Å². The summed E-state index contributed by atoms with van der Waals surface area (Å²) in [5, 5.41) is 13.5.